The summed E-state index contributed by atoms with van der Waals surface area (Å²) in [7, 11) is 0. The number of nitrogens with zero attached hydrogens (tertiary/aromatic N) is 1. The molecule has 0 radical (unpaired) electrons. The van der Waals surface area contributed by atoms with Crippen molar-refractivity contribution in [3.63, 3.8) is 0 Å². The van der Waals surface area contributed by atoms with Crippen LogP contribution in [-0.4, -0.2) is 16.1 Å². The van der Waals surface area contributed by atoms with Gasteiger partial charge in [-0.3, -0.25) is 0 Å². The molecule has 0 amide bonds. The normalized spacial score (nSPS) is 10.6. The first-order chi connectivity index (χ1) is 9.74. The van der Waals surface area contributed by atoms with Crippen LogP contribution in [0.4, 0.5) is 0 Å². The molecule has 0 aliphatic carbocycles. The van der Waals surface area contributed by atoms with Crippen molar-refractivity contribution in [2.45, 2.75) is 9.79 Å². The maximum absolute atomic E-state index is 11.0. The molecule has 0 spiro atoms. The number of aromatic carboxylic acids is 1. The average Bonchev–Trinajstić information content (AvgIpc) is 2.48. The van der Waals surface area contributed by atoms with E-state index in [9.17, 15) is 4.79 Å². The number of fused-ring (bicyclic) bond motifs is 1. The predicted octanol–water partition coefficient (Wildman–Crippen LogP) is 4.08. The Labute approximate surface area is 120 Å². The summed E-state index contributed by atoms with van der Waals surface area (Å²) in [6.45, 7) is 0. The van der Waals surface area contributed by atoms with Crippen molar-refractivity contribution >= 4 is 28.5 Å². The molecular weight excluding hydrogens is 270 g/mol. The second kappa shape index (κ2) is 5.35. The van der Waals surface area contributed by atoms with Gasteiger partial charge in [-0.05, 0) is 29.7 Å². The third kappa shape index (κ3) is 2.51. The summed E-state index contributed by atoms with van der Waals surface area (Å²) >= 11 is 1.62. The molecule has 0 saturated heterocycles. The first-order valence-electron chi connectivity index (χ1n) is 6.09. The van der Waals surface area contributed by atoms with Crippen LogP contribution in [0.25, 0.3) is 10.8 Å². The molecule has 0 saturated carbocycles. The van der Waals surface area contributed by atoms with Gasteiger partial charge in [-0.15, -0.1) is 0 Å². The van der Waals surface area contributed by atoms with E-state index in [1.807, 2.05) is 48.5 Å². The standard InChI is InChI=1S/C16H11NO2S/c18-16(19)14-9-13-11(10-17-14)5-4-8-15(13)20-12-6-2-1-3-7-12/h1-10H,(H,18,19). The number of rotatable bonds is 3. The van der Waals surface area contributed by atoms with Crippen molar-refractivity contribution in [2.75, 3.05) is 0 Å². The molecule has 3 rings (SSSR count). The average molecular weight is 281 g/mol. The maximum atomic E-state index is 11.0. The van der Waals surface area contributed by atoms with Crippen molar-refractivity contribution in [3.8, 4) is 0 Å². The molecule has 0 unspecified atom stereocenters. The number of hydrogen-bond donors (Lipinski definition) is 1. The largest absolute Gasteiger partial charge is 0.477 e. The molecule has 2 aromatic carbocycles. The minimum absolute atomic E-state index is 0.0682. The van der Waals surface area contributed by atoms with Crippen molar-refractivity contribution < 1.29 is 9.90 Å². The lowest BCUT2D eigenvalue weighted by Gasteiger charge is -2.06. The highest BCUT2D eigenvalue weighted by Crippen LogP contribution is 2.33. The van der Waals surface area contributed by atoms with Crippen molar-refractivity contribution in [3.05, 3.63) is 66.5 Å². The zero-order valence-electron chi connectivity index (χ0n) is 10.5. The molecule has 3 nitrogen and oxygen atoms in total. The van der Waals surface area contributed by atoms with Crippen LogP contribution in [-0.2, 0) is 0 Å². The lowest BCUT2D eigenvalue weighted by Crippen LogP contribution is -1.99. The molecule has 20 heavy (non-hydrogen) atoms. The van der Waals surface area contributed by atoms with Gasteiger partial charge in [0.1, 0.15) is 5.69 Å². The summed E-state index contributed by atoms with van der Waals surface area (Å²) in [6, 6.07) is 17.5. The molecule has 0 bridgehead atoms. The highest BCUT2D eigenvalue weighted by molar-refractivity contribution is 7.99. The summed E-state index contributed by atoms with van der Waals surface area (Å²) in [4.78, 5) is 17.1. The highest BCUT2D eigenvalue weighted by Gasteiger charge is 2.08. The van der Waals surface area contributed by atoms with Gasteiger partial charge < -0.3 is 5.11 Å². The fraction of sp³-hybridized carbons (Fsp3) is 0. The lowest BCUT2D eigenvalue weighted by atomic mass is 10.1. The van der Waals surface area contributed by atoms with Crippen LogP contribution in [0.3, 0.4) is 0 Å². The Balaban J connectivity index is 2.10. The van der Waals surface area contributed by atoms with Crippen LogP contribution in [0, 0.1) is 0 Å². The van der Waals surface area contributed by atoms with E-state index in [0.29, 0.717) is 0 Å². The first kappa shape index (κ1) is 12.7. The number of hydrogen-bond acceptors (Lipinski definition) is 3. The molecule has 0 atom stereocenters. The predicted molar refractivity (Wildman–Crippen MR) is 79.3 cm³/mol. The van der Waals surface area contributed by atoms with E-state index in [4.69, 9.17) is 5.11 Å². The van der Waals surface area contributed by atoms with Crippen molar-refractivity contribution in [1.29, 1.82) is 0 Å². The Kier molecular flexibility index (Phi) is 3.39. The monoisotopic (exact) mass is 281 g/mol. The van der Waals surface area contributed by atoms with Crippen LogP contribution in [0.1, 0.15) is 10.5 Å². The van der Waals surface area contributed by atoms with E-state index in [-0.39, 0.29) is 5.69 Å². The van der Waals surface area contributed by atoms with Gasteiger partial charge in [0.2, 0.25) is 0 Å². The Morgan fingerprint density at radius 2 is 1.85 bits per heavy atom. The Hall–Kier alpha value is -2.33. The third-order valence-corrected chi connectivity index (χ3v) is 4.00. The SMILES string of the molecule is O=C(O)c1cc2c(Sc3ccccc3)cccc2cn1. The second-order valence-electron chi connectivity index (χ2n) is 4.27. The van der Waals surface area contributed by atoms with Gasteiger partial charge in [0.25, 0.3) is 0 Å². The summed E-state index contributed by atoms with van der Waals surface area (Å²) < 4.78 is 0. The van der Waals surface area contributed by atoms with Gasteiger partial charge in [0.05, 0.1) is 0 Å². The summed E-state index contributed by atoms with van der Waals surface area (Å²) in [5, 5.41) is 10.9. The van der Waals surface area contributed by atoms with Crippen molar-refractivity contribution in [2.24, 2.45) is 0 Å². The molecular formula is C16H11NO2S. The van der Waals surface area contributed by atoms with E-state index in [1.165, 1.54) is 0 Å². The number of aromatic nitrogens is 1. The molecule has 1 aromatic heterocycles. The molecule has 3 aromatic rings. The van der Waals surface area contributed by atoms with Gasteiger partial charge in [-0.25, -0.2) is 9.78 Å². The number of carbonyl (C=O) groups is 1. The van der Waals surface area contributed by atoms with E-state index >= 15 is 0 Å². The van der Waals surface area contributed by atoms with Crippen LogP contribution >= 0.6 is 11.8 Å². The summed E-state index contributed by atoms with van der Waals surface area (Å²) in [6.07, 6.45) is 1.60. The van der Waals surface area contributed by atoms with Crippen LogP contribution in [0.15, 0.2) is 70.6 Å². The van der Waals surface area contributed by atoms with Gasteiger partial charge in [-0.1, -0.05) is 42.1 Å². The number of benzene rings is 2. The summed E-state index contributed by atoms with van der Waals surface area (Å²) in [5.41, 5.74) is 0.0682. The Bertz CT molecular complexity index is 772. The van der Waals surface area contributed by atoms with Gasteiger partial charge in [0, 0.05) is 21.4 Å². The topological polar surface area (TPSA) is 50.2 Å². The quantitative estimate of drug-likeness (QED) is 0.785. The molecule has 1 N–H and O–H groups in total. The van der Waals surface area contributed by atoms with Crippen LogP contribution in [0.2, 0.25) is 0 Å². The third-order valence-electron chi connectivity index (χ3n) is 2.91. The van der Waals surface area contributed by atoms with E-state index in [1.54, 1.807) is 24.0 Å². The molecule has 0 aliphatic heterocycles. The number of pyridine rings is 1. The lowest BCUT2D eigenvalue weighted by molar-refractivity contribution is 0.0690. The molecule has 1 heterocycles. The number of carboxylic acid groups (broad SMARTS) is 1. The second-order valence-corrected chi connectivity index (χ2v) is 5.38. The van der Waals surface area contributed by atoms with E-state index < -0.39 is 5.97 Å². The maximum Gasteiger partial charge on any atom is 0.354 e. The summed E-state index contributed by atoms with van der Waals surface area (Å²) in [5.74, 6) is -1.01. The minimum Gasteiger partial charge on any atom is -0.477 e. The molecule has 4 heteroatoms. The Morgan fingerprint density at radius 1 is 1.05 bits per heavy atom. The van der Waals surface area contributed by atoms with E-state index in [2.05, 4.69) is 4.98 Å². The highest BCUT2D eigenvalue weighted by atomic mass is 32.2. The van der Waals surface area contributed by atoms with Crippen LogP contribution < -0.4 is 0 Å². The fourth-order valence-electron chi connectivity index (χ4n) is 1.96. The van der Waals surface area contributed by atoms with Gasteiger partial charge in [0.15, 0.2) is 0 Å². The zero-order valence-corrected chi connectivity index (χ0v) is 11.3. The van der Waals surface area contributed by atoms with E-state index in [0.717, 1.165) is 20.6 Å². The first-order valence-corrected chi connectivity index (χ1v) is 6.91. The molecule has 0 aliphatic rings. The molecule has 98 valence electrons. The van der Waals surface area contributed by atoms with Crippen molar-refractivity contribution in [1.82, 2.24) is 4.98 Å². The minimum atomic E-state index is -1.01. The smallest absolute Gasteiger partial charge is 0.354 e. The Morgan fingerprint density at radius 3 is 2.60 bits per heavy atom. The number of carboxylic acids is 1. The molecule has 0 fully saturated rings. The zero-order chi connectivity index (χ0) is 13.9. The fourth-order valence-corrected chi connectivity index (χ4v) is 2.94. The van der Waals surface area contributed by atoms with Gasteiger partial charge in [-0.2, -0.15) is 0 Å². The van der Waals surface area contributed by atoms with Crippen LogP contribution in [0.5, 0.6) is 0 Å². The van der Waals surface area contributed by atoms with Gasteiger partial charge >= 0.3 is 5.97 Å².